The van der Waals surface area contributed by atoms with Gasteiger partial charge in [0.15, 0.2) is 0 Å². The molecule has 1 aliphatic heterocycles. The number of β-amino-alcohol motifs (C(OH)–C–C–N with tert-alkyl or cyclic N) is 1. The molecule has 2 rings (SSSR count). The summed E-state index contributed by atoms with van der Waals surface area (Å²) in [5.41, 5.74) is 5.79. The minimum atomic E-state index is -0.637. The van der Waals surface area contributed by atoms with Crippen LogP contribution in [-0.4, -0.2) is 35.4 Å². The van der Waals surface area contributed by atoms with Crippen molar-refractivity contribution in [3.8, 4) is 5.88 Å². The van der Waals surface area contributed by atoms with E-state index in [2.05, 4.69) is 23.7 Å². The van der Waals surface area contributed by atoms with E-state index in [1.165, 1.54) is 0 Å². The maximum atomic E-state index is 10.0. The molecule has 0 radical (unpaired) electrons. The van der Waals surface area contributed by atoms with E-state index in [4.69, 9.17) is 10.5 Å². The molecule has 5 heteroatoms. The van der Waals surface area contributed by atoms with Crippen LogP contribution in [-0.2, 0) is 0 Å². The first-order valence-electron chi connectivity index (χ1n) is 6.74. The number of aromatic nitrogens is 1. The standard InChI is InChI=1S/C14H23N3O2/c1-10(2)8-19-13-11(15)4-5-12(16-13)17-7-6-14(3,18)9-17/h4-5,10,18H,6-9,15H2,1-3H3. The van der Waals surface area contributed by atoms with Crippen molar-refractivity contribution in [1.82, 2.24) is 4.98 Å². The zero-order valence-electron chi connectivity index (χ0n) is 11.9. The van der Waals surface area contributed by atoms with Crippen LogP contribution in [0.2, 0.25) is 0 Å². The fraction of sp³-hybridized carbons (Fsp3) is 0.643. The monoisotopic (exact) mass is 265 g/mol. The van der Waals surface area contributed by atoms with Crippen LogP contribution in [0.4, 0.5) is 11.5 Å². The highest BCUT2D eigenvalue weighted by molar-refractivity contribution is 5.55. The molecule has 1 unspecified atom stereocenters. The van der Waals surface area contributed by atoms with Gasteiger partial charge in [0.25, 0.3) is 0 Å². The highest BCUT2D eigenvalue weighted by Crippen LogP contribution is 2.28. The molecule has 1 atom stereocenters. The van der Waals surface area contributed by atoms with Gasteiger partial charge < -0.3 is 20.5 Å². The first-order valence-corrected chi connectivity index (χ1v) is 6.74. The van der Waals surface area contributed by atoms with Gasteiger partial charge in [-0.15, -0.1) is 0 Å². The van der Waals surface area contributed by atoms with Gasteiger partial charge in [-0.05, 0) is 31.4 Å². The fourth-order valence-electron chi connectivity index (χ4n) is 2.12. The summed E-state index contributed by atoms with van der Waals surface area (Å²) in [6.07, 6.45) is 0.751. The summed E-state index contributed by atoms with van der Waals surface area (Å²) < 4.78 is 5.63. The molecule has 5 nitrogen and oxygen atoms in total. The summed E-state index contributed by atoms with van der Waals surface area (Å²) in [7, 11) is 0. The first kappa shape index (κ1) is 13.9. The van der Waals surface area contributed by atoms with Gasteiger partial charge in [0.1, 0.15) is 5.82 Å². The summed E-state index contributed by atoms with van der Waals surface area (Å²) >= 11 is 0. The van der Waals surface area contributed by atoms with Gasteiger partial charge in [-0.1, -0.05) is 13.8 Å². The Kier molecular flexibility index (Phi) is 3.85. The van der Waals surface area contributed by atoms with Crippen LogP contribution in [0.15, 0.2) is 12.1 Å². The van der Waals surface area contributed by atoms with Crippen molar-refractivity contribution < 1.29 is 9.84 Å². The van der Waals surface area contributed by atoms with Crippen LogP contribution >= 0.6 is 0 Å². The topological polar surface area (TPSA) is 71.6 Å². The Bertz CT molecular complexity index is 446. The molecular weight excluding hydrogens is 242 g/mol. The maximum absolute atomic E-state index is 10.0. The molecule has 2 heterocycles. The zero-order chi connectivity index (χ0) is 14.0. The molecule has 0 aromatic carbocycles. The number of hydrogen-bond donors (Lipinski definition) is 2. The Balaban J connectivity index is 2.12. The van der Waals surface area contributed by atoms with Crippen LogP contribution in [0.25, 0.3) is 0 Å². The van der Waals surface area contributed by atoms with E-state index in [0.717, 1.165) is 18.8 Å². The highest BCUT2D eigenvalue weighted by Gasteiger charge is 2.32. The third-order valence-electron chi connectivity index (χ3n) is 3.20. The maximum Gasteiger partial charge on any atom is 0.239 e. The Morgan fingerprint density at radius 1 is 1.53 bits per heavy atom. The van der Waals surface area contributed by atoms with Gasteiger partial charge in [-0.25, -0.2) is 0 Å². The molecule has 1 fully saturated rings. The molecule has 1 aromatic heterocycles. The van der Waals surface area contributed by atoms with Gasteiger partial charge in [-0.2, -0.15) is 4.98 Å². The van der Waals surface area contributed by atoms with Gasteiger partial charge >= 0.3 is 0 Å². The van der Waals surface area contributed by atoms with E-state index in [1.807, 2.05) is 19.1 Å². The van der Waals surface area contributed by atoms with Gasteiger partial charge in [-0.3, -0.25) is 0 Å². The van der Waals surface area contributed by atoms with Crippen molar-refractivity contribution in [3.63, 3.8) is 0 Å². The van der Waals surface area contributed by atoms with Crippen molar-refractivity contribution in [1.29, 1.82) is 0 Å². The molecule has 19 heavy (non-hydrogen) atoms. The summed E-state index contributed by atoms with van der Waals surface area (Å²) in [5, 5.41) is 10.0. The van der Waals surface area contributed by atoms with Crippen molar-refractivity contribution >= 4 is 11.5 Å². The number of pyridine rings is 1. The van der Waals surface area contributed by atoms with E-state index < -0.39 is 5.60 Å². The molecule has 0 aliphatic carbocycles. The number of nitrogens with zero attached hydrogens (tertiary/aromatic N) is 2. The average Bonchev–Trinajstić information content (AvgIpc) is 2.68. The number of aliphatic hydroxyl groups is 1. The second-order valence-electron chi connectivity index (χ2n) is 5.94. The van der Waals surface area contributed by atoms with Crippen molar-refractivity contribution in [2.75, 3.05) is 30.3 Å². The Labute approximate surface area is 114 Å². The van der Waals surface area contributed by atoms with Gasteiger partial charge in [0, 0.05) is 13.1 Å². The lowest BCUT2D eigenvalue weighted by atomic mass is 10.1. The van der Waals surface area contributed by atoms with Crippen molar-refractivity contribution in [2.24, 2.45) is 5.92 Å². The lowest BCUT2D eigenvalue weighted by Crippen LogP contribution is -2.30. The molecule has 1 aromatic rings. The minimum absolute atomic E-state index is 0.428. The number of nitrogen functional groups attached to an aromatic ring is 1. The quantitative estimate of drug-likeness (QED) is 0.866. The number of anilines is 2. The summed E-state index contributed by atoms with van der Waals surface area (Å²) in [5.74, 6) is 1.72. The first-order chi connectivity index (χ1) is 8.87. The van der Waals surface area contributed by atoms with E-state index in [9.17, 15) is 5.11 Å². The number of hydrogen-bond acceptors (Lipinski definition) is 5. The summed E-state index contributed by atoms with van der Waals surface area (Å²) in [6, 6.07) is 3.68. The Morgan fingerprint density at radius 3 is 2.84 bits per heavy atom. The zero-order valence-corrected chi connectivity index (χ0v) is 11.9. The van der Waals surface area contributed by atoms with E-state index >= 15 is 0 Å². The third-order valence-corrected chi connectivity index (χ3v) is 3.20. The molecule has 3 N–H and O–H groups in total. The lowest BCUT2D eigenvalue weighted by molar-refractivity contribution is 0.0839. The summed E-state index contributed by atoms with van der Waals surface area (Å²) in [6.45, 7) is 8.00. The van der Waals surface area contributed by atoms with Crippen LogP contribution in [0, 0.1) is 5.92 Å². The summed E-state index contributed by atoms with van der Waals surface area (Å²) in [4.78, 5) is 6.52. The van der Waals surface area contributed by atoms with Crippen molar-refractivity contribution in [3.05, 3.63) is 12.1 Å². The smallest absolute Gasteiger partial charge is 0.239 e. The van der Waals surface area contributed by atoms with Gasteiger partial charge in [0.2, 0.25) is 5.88 Å². The normalized spacial score (nSPS) is 23.1. The molecule has 106 valence electrons. The lowest BCUT2D eigenvalue weighted by Gasteiger charge is -2.21. The van der Waals surface area contributed by atoms with E-state index in [0.29, 0.717) is 30.6 Å². The minimum Gasteiger partial charge on any atom is -0.476 e. The molecular formula is C14H23N3O2. The predicted octanol–water partition coefficient (Wildman–Crippen LogP) is 1.66. The molecule has 0 amide bonds. The average molecular weight is 265 g/mol. The fourth-order valence-corrected chi connectivity index (χ4v) is 2.12. The predicted molar refractivity (Wildman–Crippen MR) is 76.4 cm³/mol. The molecule has 1 saturated heterocycles. The van der Waals surface area contributed by atoms with Gasteiger partial charge in [0.05, 0.1) is 17.9 Å². The SMILES string of the molecule is CC(C)COc1nc(N2CCC(C)(O)C2)ccc1N. The molecule has 0 spiro atoms. The second kappa shape index (κ2) is 5.25. The molecule has 1 aliphatic rings. The molecule has 0 bridgehead atoms. The Hall–Kier alpha value is -1.49. The second-order valence-corrected chi connectivity index (χ2v) is 5.94. The van der Waals surface area contributed by atoms with Crippen LogP contribution in [0.1, 0.15) is 27.2 Å². The number of rotatable bonds is 4. The van der Waals surface area contributed by atoms with Crippen molar-refractivity contribution in [2.45, 2.75) is 32.8 Å². The van der Waals surface area contributed by atoms with E-state index in [-0.39, 0.29) is 0 Å². The van der Waals surface area contributed by atoms with Crippen LogP contribution < -0.4 is 15.4 Å². The third kappa shape index (κ3) is 3.50. The van der Waals surface area contributed by atoms with Crippen LogP contribution in [0.5, 0.6) is 5.88 Å². The largest absolute Gasteiger partial charge is 0.476 e. The number of ether oxygens (including phenoxy) is 1. The molecule has 0 saturated carbocycles. The Morgan fingerprint density at radius 2 is 2.26 bits per heavy atom. The van der Waals surface area contributed by atoms with Crippen LogP contribution in [0.3, 0.4) is 0 Å². The van der Waals surface area contributed by atoms with E-state index in [1.54, 1.807) is 0 Å². The number of nitrogens with two attached hydrogens (primary N) is 1. The highest BCUT2D eigenvalue weighted by atomic mass is 16.5.